The Labute approximate surface area is 92.0 Å². The molecule has 0 aliphatic heterocycles. The van der Waals surface area contributed by atoms with Crippen molar-refractivity contribution in [1.29, 1.82) is 0 Å². The standard InChI is InChI=1S/C12H10O4/c13-8-2-1-3-10(6-8)16-12-5-4-9(14)7-11(12)15/h1-7,13-15H. The van der Waals surface area contributed by atoms with E-state index in [1.807, 2.05) is 0 Å². The first-order valence-corrected chi connectivity index (χ1v) is 4.64. The average molecular weight is 218 g/mol. The maximum Gasteiger partial charge on any atom is 0.169 e. The smallest absolute Gasteiger partial charge is 0.169 e. The van der Waals surface area contributed by atoms with Crippen LogP contribution in [0, 0.1) is 0 Å². The number of aromatic hydroxyl groups is 3. The van der Waals surface area contributed by atoms with Gasteiger partial charge in [0.15, 0.2) is 11.5 Å². The van der Waals surface area contributed by atoms with Gasteiger partial charge in [0.1, 0.15) is 17.2 Å². The second kappa shape index (κ2) is 4.02. The molecule has 3 N–H and O–H groups in total. The van der Waals surface area contributed by atoms with Crippen molar-refractivity contribution in [3.05, 3.63) is 42.5 Å². The number of benzene rings is 2. The van der Waals surface area contributed by atoms with Gasteiger partial charge in [-0.05, 0) is 24.3 Å². The van der Waals surface area contributed by atoms with Gasteiger partial charge in [0.2, 0.25) is 0 Å². The molecular formula is C12H10O4. The molecule has 0 aromatic heterocycles. The van der Waals surface area contributed by atoms with Crippen molar-refractivity contribution in [2.24, 2.45) is 0 Å². The van der Waals surface area contributed by atoms with Crippen LogP contribution < -0.4 is 4.74 Å². The first-order valence-electron chi connectivity index (χ1n) is 4.64. The van der Waals surface area contributed by atoms with Gasteiger partial charge in [-0.25, -0.2) is 0 Å². The van der Waals surface area contributed by atoms with Crippen LogP contribution in [0.5, 0.6) is 28.7 Å². The summed E-state index contributed by atoms with van der Waals surface area (Å²) in [6.45, 7) is 0. The molecule has 0 aliphatic carbocycles. The Morgan fingerprint density at radius 1 is 0.812 bits per heavy atom. The molecule has 4 nitrogen and oxygen atoms in total. The second-order valence-electron chi connectivity index (χ2n) is 3.25. The predicted octanol–water partition coefficient (Wildman–Crippen LogP) is 2.60. The Bertz CT molecular complexity index is 508. The minimum Gasteiger partial charge on any atom is -0.508 e. The van der Waals surface area contributed by atoms with Crippen molar-refractivity contribution in [3.63, 3.8) is 0 Å². The first kappa shape index (κ1) is 10.2. The summed E-state index contributed by atoms with van der Waals surface area (Å²) in [6, 6.07) is 10.2. The number of phenols is 3. The zero-order valence-electron chi connectivity index (χ0n) is 8.29. The second-order valence-corrected chi connectivity index (χ2v) is 3.25. The fourth-order valence-corrected chi connectivity index (χ4v) is 1.27. The van der Waals surface area contributed by atoms with Crippen molar-refractivity contribution >= 4 is 0 Å². The average Bonchev–Trinajstić information content (AvgIpc) is 2.22. The largest absolute Gasteiger partial charge is 0.508 e. The molecule has 0 bridgehead atoms. The van der Waals surface area contributed by atoms with Gasteiger partial charge in [-0.2, -0.15) is 0 Å². The van der Waals surface area contributed by atoms with E-state index in [1.54, 1.807) is 12.1 Å². The SMILES string of the molecule is Oc1cccc(Oc2ccc(O)cc2O)c1. The molecular weight excluding hydrogens is 208 g/mol. The zero-order valence-corrected chi connectivity index (χ0v) is 8.29. The molecule has 82 valence electrons. The van der Waals surface area contributed by atoms with Crippen molar-refractivity contribution in [2.45, 2.75) is 0 Å². The quantitative estimate of drug-likeness (QED) is 0.724. The summed E-state index contributed by atoms with van der Waals surface area (Å²) in [5, 5.41) is 27.8. The van der Waals surface area contributed by atoms with Gasteiger partial charge in [-0.1, -0.05) is 6.07 Å². The van der Waals surface area contributed by atoms with E-state index in [-0.39, 0.29) is 23.0 Å². The third-order valence-corrected chi connectivity index (χ3v) is 1.99. The van der Waals surface area contributed by atoms with E-state index in [4.69, 9.17) is 9.84 Å². The summed E-state index contributed by atoms with van der Waals surface area (Å²) in [5.74, 6) is 0.490. The summed E-state index contributed by atoms with van der Waals surface area (Å²) in [7, 11) is 0. The van der Waals surface area contributed by atoms with Crippen molar-refractivity contribution < 1.29 is 20.1 Å². The van der Waals surface area contributed by atoms with Crippen LogP contribution in [0.4, 0.5) is 0 Å². The van der Waals surface area contributed by atoms with E-state index in [2.05, 4.69) is 0 Å². The van der Waals surface area contributed by atoms with E-state index in [0.29, 0.717) is 5.75 Å². The lowest BCUT2D eigenvalue weighted by molar-refractivity contribution is 0.400. The molecule has 4 heteroatoms. The number of phenolic OH excluding ortho intramolecular Hbond substituents is 3. The van der Waals surface area contributed by atoms with E-state index in [9.17, 15) is 10.2 Å². The Morgan fingerprint density at radius 2 is 1.56 bits per heavy atom. The molecule has 0 saturated heterocycles. The minimum absolute atomic E-state index is 0.0410. The number of hydrogen-bond acceptors (Lipinski definition) is 4. The first-order chi connectivity index (χ1) is 7.65. The van der Waals surface area contributed by atoms with Gasteiger partial charge in [-0.3, -0.25) is 0 Å². The summed E-state index contributed by atoms with van der Waals surface area (Å²) in [5.41, 5.74) is 0. The molecule has 0 spiro atoms. The molecule has 0 heterocycles. The fourth-order valence-electron chi connectivity index (χ4n) is 1.27. The third kappa shape index (κ3) is 2.17. The molecule has 2 aromatic rings. The summed E-state index contributed by atoms with van der Waals surface area (Å²) >= 11 is 0. The molecule has 2 rings (SSSR count). The molecule has 0 saturated carbocycles. The normalized spacial score (nSPS) is 10.0. The Kier molecular flexibility index (Phi) is 2.55. The summed E-state index contributed by atoms with van der Waals surface area (Å²) in [4.78, 5) is 0. The van der Waals surface area contributed by atoms with Gasteiger partial charge in [0, 0.05) is 12.1 Å². The molecule has 16 heavy (non-hydrogen) atoms. The van der Waals surface area contributed by atoms with Crippen LogP contribution in [0.2, 0.25) is 0 Å². The third-order valence-electron chi connectivity index (χ3n) is 1.99. The van der Waals surface area contributed by atoms with Crippen molar-refractivity contribution in [2.75, 3.05) is 0 Å². The Balaban J connectivity index is 2.27. The molecule has 0 amide bonds. The topological polar surface area (TPSA) is 69.9 Å². The number of rotatable bonds is 2. The Hall–Kier alpha value is -2.36. The van der Waals surface area contributed by atoms with Crippen LogP contribution in [0.25, 0.3) is 0 Å². The van der Waals surface area contributed by atoms with Crippen molar-refractivity contribution in [3.8, 4) is 28.7 Å². The Morgan fingerprint density at radius 3 is 2.25 bits per heavy atom. The van der Waals surface area contributed by atoms with E-state index in [0.717, 1.165) is 0 Å². The maximum atomic E-state index is 9.47. The fraction of sp³-hybridized carbons (Fsp3) is 0. The highest BCUT2D eigenvalue weighted by molar-refractivity contribution is 5.46. The lowest BCUT2D eigenvalue weighted by Gasteiger charge is -2.07. The van der Waals surface area contributed by atoms with Crippen LogP contribution >= 0.6 is 0 Å². The highest BCUT2D eigenvalue weighted by Crippen LogP contribution is 2.33. The van der Waals surface area contributed by atoms with E-state index < -0.39 is 0 Å². The maximum absolute atomic E-state index is 9.47. The van der Waals surface area contributed by atoms with Gasteiger partial charge in [-0.15, -0.1) is 0 Å². The zero-order chi connectivity index (χ0) is 11.5. The van der Waals surface area contributed by atoms with Gasteiger partial charge < -0.3 is 20.1 Å². The van der Waals surface area contributed by atoms with E-state index >= 15 is 0 Å². The van der Waals surface area contributed by atoms with Gasteiger partial charge in [0.25, 0.3) is 0 Å². The molecule has 0 radical (unpaired) electrons. The summed E-state index contributed by atoms with van der Waals surface area (Å²) in [6.07, 6.45) is 0. The van der Waals surface area contributed by atoms with Gasteiger partial charge >= 0.3 is 0 Å². The van der Waals surface area contributed by atoms with Crippen LogP contribution in [-0.4, -0.2) is 15.3 Å². The monoisotopic (exact) mass is 218 g/mol. The molecule has 0 aliphatic rings. The van der Waals surface area contributed by atoms with Crippen LogP contribution in [-0.2, 0) is 0 Å². The molecule has 0 atom stereocenters. The lowest BCUT2D eigenvalue weighted by Crippen LogP contribution is -1.84. The van der Waals surface area contributed by atoms with E-state index in [1.165, 1.54) is 30.3 Å². The van der Waals surface area contributed by atoms with Crippen LogP contribution in [0.3, 0.4) is 0 Å². The van der Waals surface area contributed by atoms with Gasteiger partial charge in [0.05, 0.1) is 0 Å². The lowest BCUT2D eigenvalue weighted by atomic mass is 10.3. The molecule has 0 unspecified atom stereocenters. The highest BCUT2D eigenvalue weighted by Gasteiger charge is 2.05. The van der Waals surface area contributed by atoms with Crippen LogP contribution in [0.15, 0.2) is 42.5 Å². The van der Waals surface area contributed by atoms with Crippen LogP contribution in [0.1, 0.15) is 0 Å². The summed E-state index contributed by atoms with van der Waals surface area (Å²) < 4.78 is 5.32. The highest BCUT2D eigenvalue weighted by atomic mass is 16.5. The molecule has 0 fully saturated rings. The number of hydrogen-bond donors (Lipinski definition) is 3. The predicted molar refractivity (Wildman–Crippen MR) is 58.0 cm³/mol. The minimum atomic E-state index is -0.164. The van der Waals surface area contributed by atoms with Crippen molar-refractivity contribution in [1.82, 2.24) is 0 Å². The number of ether oxygens (including phenoxy) is 1. The molecule has 2 aromatic carbocycles.